The highest BCUT2D eigenvalue weighted by molar-refractivity contribution is 6.08. The summed E-state index contributed by atoms with van der Waals surface area (Å²) in [5.74, 6) is -0.442. The SMILES string of the molecule is CCOC(=O)COc1c(CNc2ccc(C)cc2C(=O)Nc2ccc(/C(N)=N/O)cc2)cc(O)cc1OC(C)C. The van der Waals surface area contributed by atoms with E-state index in [-0.39, 0.29) is 54.9 Å². The summed E-state index contributed by atoms with van der Waals surface area (Å²) in [4.78, 5) is 25.2. The van der Waals surface area contributed by atoms with Gasteiger partial charge in [-0.25, -0.2) is 4.79 Å². The summed E-state index contributed by atoms with van der Waals surface area (Å²) in [5, 5.41) is 28.2. The Labute approximate surface area is 232 Å². The topological polar surface area (TPSA) is 165 Å². The summed E-state index contributed by atoms with van der Waals surface area (Å²) in [6, 6.07) is 14.8. The van der Waals surface area contributed by atoms with E-state index in [1.54, 1.807) is 43.3 Å². The molecule has 11 nitrogen and oxygen atoms in total. The molecule has 0 saturated carbocycles. The van der Waals surface area contributed by atoms with Crippen molar-refractivity contribution in [1.29, 1.82) is 0 Å². The predicted octanol–water partition coefficient (Wildman–Crippen LogP) is 4.39. The van der Waals surface area contributed by atoms with Crippen molar-refractivity contribution in [3.05, 3.63) is 76.9 Å². The number of nitrogens with two attached hydrogens (primary N) is 1. The third kappa shape index (κ3) is 8.03. The van der Waals surface area contributed by atoms with Crippen LogP contribution in [0.25, 0.3) is 0 Å². The third-order valence-electron chi connectivity index (χ3n) is 5.55. The maximum atomic E-state index is 13.2. The van der Waals surface area contributed by atoms with Gasteiger partial charge in [0.15, 0.2) is 23.9 Å². The number of amidine groups is 1. The van der Waals surface area contributed by atoms with Gasteiger partial charge in [-0.05, 0) is 70.2 Å². The van der Waals surface area contributed by atoms with Crippen LogP contribution in [-0.4, -0.2) is 47.3 Å². The van der Waals surface area contributed by atoms with Crippen LogP contribution < -0.4 is 25.8 Å². The van der Waals surface area contributed by atoms with E-state index < -0.39 is 5.97 Å². The van der Waals surface area contributed by atoms with Crippen molar-refractivity contribution in [2.45, 2.75) is 40.3 Å². The van der Waals surface area contributed by atoms with E-state index in [9.17, 15) is 14.7 Å². The minimum absolute atomic E-state index is 0.0393. The van der Waals surface area contributed by atoms with E-state index in [1.807, 2.05) is 26.8 Å². The summed E-state index contributed by atoms with van der Waals surface area (Å²) in [7, 11) is 0. The molecule has 0 bridgehead atoms. The zero-order chi connectivity index (χ0) is 29.2. The standard InChI is InChI=1S/C29H34N4O7/c1-5-38-26(35)16-39-27-20(13-22(34)14-25(27)40-17(2)3)15-31-24-11-6-18(4)12-23(24)29(36)32-21-9-7-19(8-10-21)28(30)33-37/h6-14,17,31,34,37H,5,15-16H2,1-4H3,(H2,30,33)(H,32,36). The number of amides is 1. The van der Waals surface area contributed by atoms with E-state index in [2.05, 4.69) is 15.8 Å². The highest BCUT2D eigenvalue weighted by Gasteiger charge is 2.19. The Bertz CT molecular complexity index is 1370. The predicted molar refractivity (Wildman–Crippen MR) is 151 cm³/mol. The molecule has 0 aliphatic carbocycles. The van der Waals surface area contributed by atoms with Gasteiger partial charge < -0.3 is 40.9 Å². The lowest BCUT2D eigenvalue weighted by Crippen LogP contribution is -2.18. The number of ether oxygens (including phenoxy) is 3. The Hall–Kier alpha value is -4.93. The van der Waals surface area contributed by atoms with Crippen LogP contribution in [0, 0.1) is 6.92 Å². The van der Waals surface area contributed by atoms with Gasteiger partial charge in [-0.15, -0.1) is 0 Å². The van der Waals surface area contributed by atoms with Gasteiger partial charge in [0.2, 0.25) is 0 Å². The molecule has 0 spiro atoms. The van der Waals surface area contributed by atoms with Crippen molar-refractivity contribution in [2.75, 3.05) is 23.8 Å². The molecule has 0 aromatic heterocycles. The zero-order valence-corrected chi connectivity index (χ0v) is 22.9. The number of aryl methyl sites for hydroxylation is 1. The summed E-state index contributed by atoms with van der Waals surface area (Å²) in [6.45, 7) is 7.25. The Morgan fingerprint density at radius 3 is 2.45 bits per heavy atom. The molecule has 0 saturated heterocycles. The van der Waals surface area contributed by atoms with Gasteiger partial charge in [-0.1, -0.05) is 16.8 Å². The van der Waals surface area contributed by atoms with Crippen molar-refractivity contribution in [2.24, 2.45) is 10.9 Å². The van der Waals surface area contributed by atoms with Gasteiger partial charge in [-0.2, -0.15) is 0 Å². The first-order valence-corrected chi connectivity index (χ1v) is 12.7. The number of nitrogens with one attached hydrogen (secondary N) is 2. The molecule has 6 N–H and O–H groups in total. The van der Waals surface area contributed by atoms with Crippen molar-refractivity contribution in [1.82, 2.24) is 0 Å². The Kier molecular flexibility index (Phi) is 10.2. The average Bonchev–Trinajstić information content (AvgIpc) is 2.91. The van der Waals surface area contributed by atoms with Crippen molar-refractivity contribution < 1.29 is 34.1 Å². The number of carbonyl (C=O) groups is 2. The minimum Gasteiger partial charge on any atom is -0.508 e. The quantitative estimate of drug-likeness (QED) is 0.0723. The van der Waals surface area contributed by atoms with E-state index in [0.717, 1.165) is 5.56 Å². The fourth-order valence-electron chi connectivity index (χ4n) is 3.79. The number of oxime groups is 1. The number of esters is 1. The molecule has 3 aromatic rings. The summed E-state index contributed by atoms with van der Waals surface area (Å²) >= 11 is 0. The number of phenols is 1. The number of anilines is 2. The molecule has 40 heavy (non-hydrogen) atoms. The van der Waals surface area contributed by atoms with Gasteiger partial charge in [0.05, 0.1) is 18.3 Å². The summed E-state index contributed by atoms with van der Waals surface area (Å²) in [6.07, 6.45) is -0.221. The molecule has 3 aromatic carbocycles. The van der Waals surface area contributed by atoms with Crippen LogP contribution in [0.5, 0.6) is 17.2 Å². The van der Waals surface area contributed by atoms with E-state index in [1.165, 1.54) is 12.1 Å². The van der Waals surface area contributed by atoms with Gasteiger partial charge in [0.1, 0.15) is 5.75 Å². The first-order valence-electron chi connectivity index (χ1n) is 12.7. The fourth-order valence-corrected chi connectivity index (χ4v) is 3.79. The number of phenolic OH excluding ortho intramolecular Hbond substituents is 1. The number of benzene rings is 3. The Morgan fingerprint density at radius 2 is 1.80 bits per heavy atom. The van der Waals surface area contributed by atoms with Crippen LogP contribution in [0.15, 0.2) is 59.8 Å². The maximum absolute atomic E-state index is 13.2. The molecule has 0 aliphatic heterocycles. The van der Waals surface area contributed by atoms with Gasteiger partial charge >= 0.3 is 5.97 Å². The fraction of sp³-hybridized carbons (Fsp3) is 0.276. The first-order chi connectivity index (χ1) is 19.1. The van der Waals surface area contributed by atoms with Crippen LogP contribution in [-0.2, 0) is 16.1 Å². The molecule has 0 radical (unpaired) electrons. The molecule has 0 aliphatic rings. The zero-order valence-electron chi connectivity index (χ0n) is 22.9. The minimum atomic E-state index is -0.540. The summed E-state index contributed by atoms with van der Waals surface area (Å²) in [5.41, 5.74) is 8.92. The molecule has 3 rings (SSSR count). The number of hydrogen-bond donors (Lipinski definition) is 5. The molecule has 0 fully saturated rings. The van der Waals surface area contributed by atoms with Crippen LogP contribution in [0.3, 0.4) is 0 Å². The second-order valence-corrected chi connectivity index (χ2v) is 9.11. The van der Waals surface area contributed by atoms with E-state index in [0.29, 0.717) is 28.1 Å². The second-order valence-electron chi connectivity index (χ2n) is 9.11. The highest BCUT2D eigenvalue weighted by Crippen LogP contribution is 2.37. The molecular weight excluding hydrogens is 516 g/mol. The maximum Gasteiger partial charge on any atom is 0.344 e. The van der Waals surface area contributed by atoms with Crippen LogP contribution >= 0.6 is 0 Å². The number of rotatable bonds is 12. The lowest BCUT2D eigenvalue weighted by Gasteiger charge is -2.20. The Morgan fingerprint density at radius 1 is 1.07 bits per heavy atom. The first kappa shape index (κ1) is 29.6. The lowest BCUT2D eigenvalue weighted by atomic mass is 10.1. The molecule has 0 heterocycles. The smallest absolute Gasteiger partial charge is 0.344 e. The number of hydrogen-bond acceptors (Lipinski definition) is 9. The number of nitrogens with zero attached hydrogens (tertiary/aromatic N) is 1. The van der Waals surface area contributed by atoms with Crippen LogP contribution in [0.4, 0.5) is 11.4 Å². The average molecular weight is 551 g/mol. The molecule has 212 valence electrons. The number of aromatic hydroxyl groups is 1. The normalized spacial score (nSPS) is 11.2. The van der Waals surface area contributed by atoms with E-state index in [4.69, 9.17) is 25.2 Å². The second kappa shape index (κ2) is 13.7. The van der Waals surface area contributed by atoms with Gasteiger partial charge in [-0.3, -0.25) is 4.79 Å². The van der Waals surface area contributed by atoms with Gasteiger partial charge in [0.25, 0.3) is 5.91 Å². The molecule has 11 heteroatoms. The third-order valence-corrected chi connectivity index (χ3v) is 5.55. The molecule has 0 unspecified atom stereocenters. The van der Waals surface area contributed by atoms with Crippen LogP contribution in [0.2, 0.25) is 0 Å². The molecule has 0 atom stereocenters. The number of carbonyl (C=O) groups excluding carboxylic acids is 2. The Balaban J connectivity index is 1.86. The van der Waals surface area contributed by atoms with Crippen molar-refractivity contribution >= 4 is 29.1 Å². The molecule has 1 amide bonds. The molecular formula is C29H34N4O7. The monoisotopic (exact) mass is 550 g/mol. The van der Waals surface area contributed by atoms with Crippen molar-refractivity contribution in [3.63, 3.8) is 0 Å². The summed E-state index contributed by atoms with van der Waals surface area (Å²) < 4.78 is 16.6. The van der Waals surface area contributed by atoms with Gasteiger partial charge in [0, 0.05) is 35.1 Å². The highest BCUT2D eigenvalue weighted by atomic mass is 16.6. The van der Waals surface area contributed by atoms with E-state index >= 15 is 0 Å². The van der Waals surface area contributed by atoms with Crippen molar-refractivity contribution in [3.8, 4) is 17.2 Å². The van der Waals surface area contributed by atoms with Crippen LogP contribution in [0.1, 0.15) is 47.8 Å². The lowest BCUT2D eigenvalue weighted by molar-refractivity contribution is -0.145. The largest absolute Gasteiger partial charge is 0.508 e.